The smallest absolute Gasteiger partial charge is 0.227 e. The van der Waals surface area contributed by atoms with E-state index >= 15 is 0 Å². The molecule has 2 aromatic rings. The van der Waals surface area contributed by atoms with Crippen LogP contribution in [0.4, 0.5) is 11.1 Å². The number of carbonyl (C=O) groups is 1. The van der Waals surface area contributed by atoms with Crippen LogP contribution in [0.3, 0.4) is 0 Å². The third-order valence-electron chi connectivity index (χ3n) is 3.09. The van der Waals surface area contributed by atoms with Crippen molar-refractivity contribution in [3.63, 3.8) is 0 Å². The highest BCUT2D eigenvalue weighted by molar-refractivity contribution is 7.15. The van der Waals surface area contributed by atoms with Crippen LogP contribution in [0.1, 0.15) is 30.4 Å². The minimum absolute atomic E-state index is 0.0278. The van der Waals surface area contributed by atoms with Gasteiger partial charge in [0.15, 0.2) is 0 Å². The first-order valence-corrected chi connectivity index (χ1v) is 7.88. The molecule has 0 bridgehead atoms. The molecule has 0 aromatic carbocycles. The molecule has 2 N–H and O–H groups in total. The average molecular weight is 320 g/mol. The van der Waals surface area contributed by atoms with E-state index < -0.39 is 0 Å². The van der Waals surface area contributed by atoms with E-state index in [9.17, 15) is 4.79 Å². The Balaban J connectivity index is 1.43. The predicted molar refractivity (Wildman–Crippen MR) is 81.6 cm³/mol. The summed E-state index contributed by atoms with van der Waals surface area (Å²) in [5.74, 6) is 0.380. The quantitative estimate of drug-likeness (QED) is 0.833. The predicted octanol–water partition coefficient (Wildman–Crippen LogP) is 1.62. The third kappa shape index (κ3) is 3.95. The summed E-state index contributed by atoms with van der Waals surface area (Å²) >= 11 is 1.36. The third-order valence-corrected chi connectivity index (χ3v) is 4.02. The van der Waals surface area contributed by atoms with Crippen LogP contribution in [0.5, 0.6) is 0 Å². The largest absolute Gasteiger partial charge is 0.371 e. The highest BCUT2D eigenvalue weighted by Crippen LogP contribution is 2.31. The van der Waals surface area contributed by atoms with Crippen molar-refractivity contribution in [3.8, 4) is 0 Å². The lowest BCUT2D eigenvalue weighted by molar-refractivity contribution is -0.115. The van der Waals surface area contributed by atoms with Gasteiger partial charge in [0, 0.05) is 32.0 Å². The lowest BCUT2D eigenvalue weighted by Gasteiger charge is -2.04. The SMILES string of the molecule is O=C(CCNc1ncccn1)Nc1nnc(C2CCCO2)s1. The lowest BCUT2D eigenvalue weighted by atomic mass is 10.2. The molecule has 22 heavy (non-hydrogen) atoms. The van der Waals surface area contributed by atoms with Crippen molar-refractivity contribution < 1.29 is 9.53 Å². The normalized spacial score (nSPS) is 17.4. The molecule has 0 aliphatic carbocycles. The molecule has 116 valence electrons. The minimum atomic E-state index is -0.126. The summed E-state index contributed by atoms with van der Waals surface area (Å²) in [6, 6.07) is 1.74. The Hall–Kier alpha value is -2.13. The van der Waals surface area contributed by atoms with Gasteiger partial charge in [-0.25, -0.2) is 9.97 Å². The second-order valence-electron chi connectivity index (χ2n) is 4.74. The van der Waals surface area contributed by atoms with Crippen LogP contribution in [0.25, 0.3) is 0 Å². The molecule has 0 saturated carbocycles. The highest BCUT2D eigenvalue weighted by atomic mass is 32.1. The van der Waals surface area contributed by atoms with Crippen LogP contribution < -0.4 is 10.6 Å². The van der Waals surface area contributed by atoms with Gasteiger partial charge in [-0.15, -0.1) is 10.2 Å². The molecule has 1 saturated heterocycles. The van der Waals surface area contributed by atoms with Gasteiger partial charge in [-0.1, -0.05) is 11.3 Å². The number of ether oxygens (including phenoxy) is 1. The fourth-order valence-corrected chi connectivity index (χ4v) is 2.89. The van der Waals surface area contributed by atoms with Crippen molar-refractivity contribution in [1.29, 1.82) is 0 Å². The fourth-order valence-electron chi connectivity index (χ4n) is 2.05. The number of hydrogen-bond acceptors (Lipinski definition) is 8. The zero-order valence-corrected chi connectivity index (χ0v) is 12.7. The Morgan fingerprint density at radius 2 is 2.23 bits per heavy atom. The van der Waals surface area contributed by atoms with Crippen molar-refractivity contribution in [2.75, 3.05) is 23.8 Å². The number of amides is 1. The van der Waals surface area contributed by atoms with E-state index in [1.54, 1.807) is 18.5 Å². The maximum atomic E-state index is 11.8. The van der Waals surface area contributed by atoms with Gasteiger partial charge in [0.25, 0.3) is 0 Å². The topological polar surface area (TPSA) is 102 Å². The molecule has 1 unspecified atom stereocenters. The molecule has 0 radical (unpaired) electrons. The number of aromatic nitrogens is 4. The summed E-state index contributed by atoms with van der Waals surface area (Å²) in [7, 11) is 0. The van der Waals surface area contributed by atoms with Crippen molar-refractivity contribution in [2.45, 2.75) is 25.4 Å². The first kappa shape index (κ1) is 14.8. The van der Waals surface area contributed by atoms with Gasteiger partial charge >= 0.3 is 0 Å². The minimum Gasteiger partial charge on any atom is -0.371 e. The second kappa shape index (κ2) is 7.23. The summed E-state index contributed by atoms with van der Waals surface area (Å²) < 4.78 is 5.54. The van der Waals surface area contributed by atoms with E-state index in [4.69, 9.17) is 4.74 Å². The van der Waals surface area contributed by atoms with Crippen LogP contribution in [0, 0.1) is 0 Å². The first-order chi connectivity index (χ1) is 10.8. The van der Waals surface area contributed by atoms with Gasteiger partial charge in [0.2, 0.25) is 17.0 Å². The van der Waals surface area contributed by atoms with Crippen molar-refractivity contribution >= 4 is 28.3 Å². The van der Waals surface area contributed by atoms with E-state index in [2.05, 4.69) is 30.8 Å². The average Bonchev–Trinajstić information content (AvgIpc) is 3.19. The summed E-state index contributed by atoms with van der Waals surface area (Å²) in [6.07, 6.45) is 5.61. The molecule has 8 nitrogen and oxygen atoms in total. The molecule has 3 heterocycles. The van der Waals surface area contributed by atoms with Crippen LogP contribution in [0.2, 0.25) is 0 Å². The highest BCUT2D eigenvalue weighted by Gasteiger charge is 2.22. The van der Waals surface area contributed by atoms with Crippen molar-refractivity contribution in [2.24, 2.45) is 0 Å². The van der Waals surface area contributed by atoms with Crippen molar-refractivity contribution in [3.05, 3.63) is 23.5 Å². The maximum absolute atomic E-state index is 11.8. The number of hydrogen-bond donors (Lipinski definition) is 2. The molecular weight excluding hydrogens is 304 g/mol. The summed E-state index contributed by atoms with van der Waals surface area (Å²) in [5, 5.41) is 15.1. The summed E-state index contributed by atoms with van der Waals surface area (Å²) in [4.78, 5) is 19.9. The van der Waals surface area contributed by atoms with Gasteiger partial charge in [-0.3, -0.25) is 4.79 Å². The summed E-state index contributed by atoms with van der Waals surface area (Å²) in [6.45, 7) is 1.21. The Morgan fingerprint density at radius 1 is 1.36 bits per heavy atom. The molecule has 1 amide bonds. The number of nitrogens with one attached hydrogen (secondary N) is 2. The van der Waals surface area contributed by atoms with Gasteiger partial charge in [0.05, 0.1) is 0 Å². The molecule has 1 fully saturated rings. The van der Waals surface area contributed by atoms with E-state index in [0.29, 0.717) is 24.0 Å². The van der Waals surface area contributed by atoms with E-state index in [1.165, 1.54) is 11.3 Å². The van der Waals surface area contributed by atoms with Crippen LogP contribution >= 0.6 is 11.3 Å². The van der Waals surface area contributed by atoms with E-state index in [0.717, 1.165) is 24.5 Å². The lowest BCUT2D eigenvalue weighted by Crippen LogP contribution is -2.16. The Bertz CT molecular complexity index is 614. The molecule has 1 aliphatic heterocycles. The molecule has 1 atom stereocenters. The van der Waals surface area contributed by atoms with Gasteiger partial charge in [0.1, 0.15) is 11.1 Å². The van der Waals surface area contributed by atoms with E-state index in [1.807, 2.05) is 0 Å². The number of carbonyl (C=O) groups excluding carboxylic acids is 1. The van der Waals surface area contributed by atoms with Crippen molar-refractivity contribution in [1.82, 2.24) is 20.2 Å². The second-order valence-corrected chi connectivity index (χ2v) is 5.75. The van der Waals surface area contributed by atoms with Crippen LogP contribution in [-0.4, -0.2) is 39.2 Å². The molecular formula is C13H16N6O2S. The van der Waals surface area contributed by atoms with E-state index in [-0.39, 0.29) is 12.0 Å². The number of nitrogens with zero attached hydrogens (tertiary/aromatic N) is 4. The number of anilines is 2. The zero-order valence-electron chi connectivity index (χ0n) is 11.9. The standard InChI is InChI=1S/C13H16N6O2S/c20-10(4-7-16-12-14-5-2-6-15-12)17-13-19-18-11(22-13)9-3-1-8-21-9/h2,5-6,9H,1,3-4,7-8H2,(H,14,15,16)(H,17,19,20). The first-order valence-electron chi connectivity index (χ1n) is 7.07. The monoisotopic (exact) mass is 320 g/mol. The number of rotatable bonds is 6. The molecule has 9 heteroatoms. The molecule has 0 spiro atoms. The summed E-state index contributed by atoms with van der Waals surface area (Å²) in [5.41, 5.74) is 0. The van der Waals surface area contributed by atoms with Crippen LogP contribution in [0.15, 0.2) is 18.5 Å². The Kier molecular flexibility index (Phi) is 4.86. The zero-order chi connectivity index (χ0) is 15.2. The van der Waals surface area contributed by atoms with Gasteiger partial charge < -0.3 is 15.4 Å². The van der Waals surface area contributed by atoms with Crippen LogP contribution in [-0.2, 0) is 9.53 Å². The Morgan fingerprint density at radius 3 is 3.00 bits per heavy atom. The molecule has 2 aromatic heterocycles. The maximum Gasteiger partial charge on any atom is 0.227 e. The molecule has 1 aliphatic rings. The van der Waals surface area contributed by atoms with Gasteiger partial charge in [-0.05, 0) is 18.9 Å². The molecule has 3 rings (SSSR count). The fraction of sp³-hybridized carbons (Fsp3) is 0.462. The van der Waals surface area contributed by atoms with Gasteiger partial charge in [-0.2, -0.15) is 0 Å². The Labute approximate surface area is 131 Å².